The van der Waals surface area contributed by atoms with Crippen LogP contribution < -0.4 is 10.1 Å². The molecule has 0 saturated heterocycles. The summed E-state index contributed by atoms with van der Waals surface area (Å²) in [5.74, 6) is 0.665. The largest absolute Gasteiger partial charge is 0.493 e. The molecular formula is C26H30ClNO3. The number of furan rings is 1. The molecule has 164 valence electrons. The van der Waals surface area contributed by atoms with Gasteiger partial charge in [0.25, 0.3) is 0 Å². The maximum Gasteiger partial charge on any atom is 0.244 e. The van der Waals surface area contributed by atoms with E-state index in [-0.39, 0.29) is 5.91 Å². The van der Waals surface area contributed by atoms with E-state index in [4.69, 9.17) is 20.8 Å². The highest BCUT2D eigenvalue weighted by Gasteiger charge is 2.19. The van der Waals surface area contributed by atoms with Crippen molar-refractivity contribution in [1.82, 2.24) is 5.32 Å². The van der Waals surface area contributed by atoms with Crippen molar-refractivity contribution in [3.63, 3.8) is 0 Å². The summed E-state index contributed by atoms with van der Waals surface area (Å²) in [6.45, 7) is 9.25. The summed E-state index contributed by atoms with van der Waals surface area (Å²) in [6, 6.07) is 9.74. The average molecular weight is 440 g/mol. The lowest BCUT2D eigenvalue weighted by atomic mass is 9.96. The third kappa shape index (κ3) is 5.31. The molecule has 0 radical (unpaired) electrons. The maximum absolute atomic E-state index is 12.4. The fourth-order valence-electron chi connectivity index (χ4n) is 3.70. The fourth-order valence-corrected chi connectivity index (χ4v) is 3.83. The van der Waals surface area contributed by atoms with Crippen LogP contribution in [0.5, 0.6) is 5.75 Å². The van der Waals surface area contributed by atoms with Gasteiger partial charge >= 0.3 is 0 Å². The van der Waals surface area contributed by atoms with Gasteiger partial charge in [-0.05, 0) is 56.5 Å². The SMILES string of the molecule is CCCCCNC(=O)/C=C(\C)c1cc2c(-c3ccc(Cl)cc3)coc2c(C)c1OCC. The Balaban J connectivity index is 2.03. The number of fused-ring (bicyclic) bond motifs is 1. The number of rotatable bonds is 9. The minimum Gasteiger partial charge on any atom is -0.493 e. The summed E-state index contributed by atoms with van der Waals surface area (Å²) < 4.78 is 11.9. The van der Waals surface area contributed by atoms with Crippen molar-refractivity contribution in [3.8, 4) is 16.9 Å². The zero-order valence-electron chi connectivity index (χ0n) is 18.7. The second kappa shape index (κ2) is 10.5. The fraction of sp³-hybridized carbons (Fsp3) is 0.346. The molecule has 0 atom stereocenters. The smallest absolute Gasteiger partial charge is 0.244 e. The first-order valence-corrected chi connectivity index (χ1v) is 11.2. The number of hydrogen-bond acceptors (Lipinski definition) is 3. The average Bonchev–Trinajstić information content (AvgIpc) is 3.18. The van der Waals surface area contributed by atoms with E-state index in [9.17, 15) is 4.79 Å². The molecule has 5 heteroatoms. The summed E-state index contributed by atoms with van der Waals surface area (Å²) in [5.41, 5.74) is 5.46. The number of unbranched alkanes of at least 4 members (excludes halogenated alkanes) is 2. The Bertz CT molecular complexity index is 1080. The van der Waals surface area contributed by atoms with Gasteiger partial charge in [0.1, 0.15) is 11.3 Å². The lowest BCUT2D eigenvalue weighted by Gasteiger charge is -2.15. The topological polar surface area (TPSA) is 51.5 Å². The van der Waals surface area contributed by atoms with Crippen LogP contribution in [-0.2, 0) is 4.79 Å². The molecular weight excluding hydrogens is 410 g/mol. The highest BCUT2D eigenvalue weighted by Crippen LogP contribution is 2.40. The first-order chi connectivity index (χ1) is 15.0. The molecule has 0 spiro atoms. The summed E-state index contributed by atoms with van der Waals surface area (Å²) >= 11 is 6.06. The molecule has 0 unspecified atom stereocenters. The molecule has 1 N–H and O–H groups in total. The molecule has 0 saturated carbocycles. The van der Waals surface area contributed by atoms with Crippen LogP contribution in [0.25, 0.3) is 27.7 Å². The molecule has 1 heterocycles. The normalized spacial score (nSPS) is 11.7. The molecule has 2 aromatic carbocycles. The van der Waals surface area contributed by atoms with E-state index in [0.717, 1.165) is 63.8 Å². The summed E-state index contributed by atoms with van der Waals surface area (Å²) in [4.78, 5) is 12.4. The molecule has 1 amide bonds. The first kappa shape index (κ1) is 23.0. The number of carbonyl (C=O) groups is 1. The van der Waals surface area contributed by atoms with Crippen LogP contribution in [0.15, 0.2) is 47.1 Å². The molecule has 1 aromatic heterocycles. The van der Waals surface area contributed by atoms with Crippen molar-refractivity contribution in [1.29, 1.82) is 0 Å². The van der Waals surface area contributed by atoms with Crippen LogP contribution in [0.1, 0.15) is 51.2 Å². The van der Waals surface area contributed by atoms with Gasteiger partial charge in [0.2, 0.25) is 5.91 Å². The molecule has 3 aromatic rings. The Morgan fingerprint density at radius 3 is 2.61 bits per heavy atom. The van der Waals surface area contributed by atoms with Crippen molar-refractivity contribution in [3.05, 3.63) is 58.8 Å². The van der Waals surface area contributed by atoms with Gasteiger partial charge in [-0.15, -0.1) is 0 Å². The van der Waals surface area contributed by atoms with E-state index in [0.29, 0.717) is 18.2 Å². The lowest BCUT2D eigenvalue weighted by Crippen LogP contribution is -2.22. The molecule has 0 aliphatic carbocycles. The van der Waals surface area contributed by atoms with Crippen molar-refractivity contribution in [2.24, 2.45) is 0 Å². The van der Waals surface area contributed by atoms with Gasteiger partial charge in [-0.25, -0.2) is 0 Å². The number of halogens is 1. The number of hydrogen-bond donors (Lipinski definition) is 1. The van der Waals surface area contributed by atoms with Gasteiger partial charge in [0, 0.05) is 39.7 Å². The van der Waals surface area contributed by atoms with Gasteiger partial charge in [-0.2, -0.15) is 0 Å². The third-order valence-corrected chi connectivity index (χ3v) is 5.59. The van der Waals surface area contributed by atoms with Crippen LogP contribution in [0.4, 0.5) is 0 Å². The Morgan fingerprint density at radius 2 is 1.94 bits per heavy atom. The monoisotopic (exact) mass is 439 g/mol. The molecule has 0 aliphatic rings. The van der Waals surface area contributed by atoms with Crippen molar-refractivity contribution < 1.29 is 13.9 Å². The number of ether oxygens (including phenoxy) is 1. The van der Waals surface area contributed by atoms with Crippen LogP contribution >= 0.6 is 11.6 Å². The van der Waals surface area contributed by atoms with Crippen LogP contribution in [-0.4, -0.2) is 19.1 Å². The van der Waals surface area contributed by atoms with E-state index in [1.807, 2.05) is 45.0 Å². The Kier molecular flexibility index (Phi) is 7.80. The number of benzene rings is 2. The molecule has 0 fully saturated rings. The number of amides is 1. The summed E-state index contributed by atoms with van der Waals surface area (Å²) in [7, 11) is 0. The van der Waals surface area contributed by atoms with Crippen LogP contribution in [0, 0.1) is 6.92 Å². The first-order valence-electron chi connectivity index (χ1n) is 10.9. The van der Waals surface area contributed by atoms with Gasteiger partial charge in [0.15, 0.2) is 0 Å². The zero-order valence-corrected chi connectivity index (χ0v) is 19.4. The van der Waals surface area contributed by atoms with Crippen molar-refractivity contribution >= 4 is 34.1 Å². The van der Waals surface area contributed by atoms with E-state index in [1.54, 1.807) is 12.3 Å². The predicted octanol–water partition coefficient (Wildman–Crippen LogP) is 7.17. The minimum atomic E-state index is -0.0843. The minimum absolute atomic E-state index is 0.0843. The van der Waals surface area contributed by atoms with Crippen LogP contribution in [0.2, 0.25) is 5.02 Å². The van der Waals surface area contributed by atoms with Gasteiger partial charge in [-0.1, -0.05) is 43.5 Å². The maximum atomic E-state index is 12.4. The van der Waals surface area contributed by atoms with Crippen molar-refractivity contribution in [2.45, 2.75) is 47.0 Å². The predicted molar refractivity (Wildman–Crippen MR) is 129 cm³/mol. The van der Waals surface area contributed by atoms with E-state index >= 15 is 0 Å². The number of nitrogens with one attached hydrogen (secondary N) is 1. The Hall–Kier alpha value is -2.72. The lowest BCUT2D eigenvalue weighted by molar-refractivity contribution is -0.116. The number of allylic oxidation sites excluding steroid dienone is 1. The molecule has 3 rings (SSSR count). The standard InChI is InChI=1S/C26H30ClNO3/c1-5-7-8-13-28-24(29)14-17(3)21-15-22-23(19-9-11-20(27)12-10-19)16-31-26(22)18(4)25(21)30-6-2/h9-12,14-16H,5-8,13H2,1-4H3,(H,28,29)/b17-14+. The molecule has 31 heavy (non-hydrogen) atoms. The highest BCUT2D eigenvalue weighted by atomic mass is 35.5. The van der Waals surface area contributed by atoms with Gasteiger partial charge in [-0.3, -0.25) is 4.79 Å². The number of aryl methyl sites for hydroxylation is 1. The third-order valence-electron chi connectivity index (χ3n) is 5.34. The summed E-state index contributed by atoms with van der Waals surface area (Å²) in [5, 5.41) is 4.64. The van der Waals surface area contributed by atoms with E-state index in [1.165, 1.54) is 0 Å². The quantitative estimate of drug-likeness (QED) is 0.284. The molecule has 0 aliphatic heterocycles. The molecule has 4 nitrogen and oxygen atoms in total. The second-order valence-electron chi connectivity index (χ2n) is 7.67. The Labute approximate surface area is 189 Å². The second-order valence-corrected chi connectivity index (χ2v) is 8.11. The highest BCUT2D eigenvalue weighted by molar-refractivity contribution is 6.30. The molecule has 0 bridgehead atoms. The number of carbonyl (C=O) groups excluding carboxylic acids is 1. The Morgan fingerprint density at radius 1 is 1.19 bits per heavy atom. The van der Waals surface area contributed by atoms with E-state index in [2.05, 4.69) is 18.3 Å². The zero-order chi connectivity index (χ0) is 22.4. The summed E-state index contributed by atoms with van der Waals surface area (Å²) in [6.07, 6.45) is 6.64. The van der Waals surface area contributed by atoms with Crippen LogP contribution in [0.3, 0.4) is 0 Å². The van der Waals surface area contributed by atoms with Gasteiger partial charge < -0.3 is 14.5 Å². The van der Waals surface area contributed by atoms with Gasteiger partial charge in [0.05, 0.1) is 12.9 Å². The van der Waals surface area contributed by atoms with Crippen molar-refractivity contribution in [2.75, 3.05) is 13.2 Å². The van der Waals surface area contributed by atoms with E-state index < -0.39 is 0 Å².